The Hall–Kier alpha value is -2.99. The van der Waals surface area contributed by atoms with Crippen molar-refractivity contribution in [3.05, 3.63) is 47.9 Å². The van der Waals surface area contributed by atoms with E-state index in [0.717, 1.165) is 29.3 Å². The van der Waals surface area contributed by atoms with Crippen LogP contribution < -0.4 is 16.4 Å². The molecule has 1 fully saturated rings. The second-order valence-corrected chi connectivity index (χ2v) is 8.19. The highest BCUT2D eigenvalue weighted by Gasteiger charge is 2.34. The van der Waals surface area contributed by atoms with E-state index in [9.17, 15) is 9.59 Å². The van der Waals surface area contributed by atoms with Crippen LogP contribution in [0, 0.1) is 6.92 Å². The molecule has 0 aliphatic heterocycles. The topological polar surface area (TPSA) is 106 Å². The lowest BCUT2D eigenvalue weighted by Gasteiger charge is -2.22. The number of carbonyl (C=O) groups excluding carboxylic acids is 2. The van der Waals surface area contributed by atoms with Gasteiger partial charge in [0.2, 0.25) is 11.8 Å². The predicted molar refractivity (Wildman–Crippen MR) is 119 cm³/mol. The number of nitrogens with zero attached hydrogens (tertiary/aromatic N) is 4. The summed E-state index contributed by atoms with van der Waals surface area (Å²) in [5.74, 6) is 0.115. The standard InChI is InChI=1S/C21H25N6O2P/c1-13-3-2-4-14(19(13)30)9-23-17(28)10-27(15-5-6-15)18(29)11-26-8-7-16-20(22)24-12-25-21(16)26/h2-4,7-8,12,15H,5-6,9-11,30H2,1H3,(H,23,28)(H2,22,24,25). The summed E-state index contributed by atoms with van der Waals surface area (Å²) >= 11 is 0. The van der Waals surface area contributed by atoms with Gasteiger partial charge in [-0.3, -0.25) is 9.59 Å². The summed E-state index contributed by atoms with van der Waals surface area (Å²) in [6, 6.07) is 7.92. The van der Waals surface area contributed by atoms with Gasteiger partial charge in [-0.05, 0) is 42.3 Å². The summed E-state index contributed by atoms with van der Waals surface area (Å²) in [6.45, 7) is 2.63. The molecular formula is C21H25N6O2P. The van der Waals surface area contributed by atoms with Crippen molar-refractivity contribution in [1.29, 1.82) is 0 Å². The van der Waals surface area contributed by atoms with Crippen molar-refractivity contribution in [2.24, 2.45) is 0 Å². The highest BCUT2D eigenvalue weighted by molar-refractivity contribution is 7.27. The molecule has 0 saturated heterocycles. The minimum absolute atomic E-state index is 0.0534. The fourth-order valence-corrected chi connectivity index (χ4v) is 3.79. The molecule has 0 radical (unpaired) electrons. The van der Waals surface area contributed by atoms with Crippen LogP contribution in [-0.2, 0) is 22.7 Å². The van der Waals surface area contributed by atoms with E-state index in [0.29, 0.717) is 23.4 Å². The van der Waals surface area contributed by atoms with E-state index in [1.807, 2.05) is 25.1 Å². The van der Waals surface area contributed by atoms with E-state index in [1.165, 1.54) is 6.33 Å². The third-order valence-electron chi connectivity index (χ3n) is 5.40. The Kier molecular flexibility index (Phi) is 5.68. The van der Waals surface area contributed by atoms with E-state index in [1.54, 1.807) is 21.7 Å². The minimum atomic E-state index is -0.162. The van der Waals surface area contributed by atoms with E-state index in [2.05, 4.69) is 24.5 Å². The lowest BCUT2D eigenvalue weighted by Crippen LogP contribution is -2.43. The molecule has 9 heteroatoms. The zero-order valence-electron chi connectivity index (χ0n) is 16.8. The number of nitrogens with two attached hydrogens (primary N) is 1. The van der Waals surface area contributed by atoms with Crippen LogP contribution in [0.5, 0.6) is 0 Å². The number of anilines is 1. The van der Waals surface area contributed by atoms with Crippen LogP contribution in [0.25, 0.3) is 11.0 Å². The van der Waals surface area contributed by atoms with E-state index in [4.69, 9.17) is 5.73 Å². The number of nitrogen functional groups attached to an aromatic ring is 1. The molecule has 1 saturated carbocycles. The van der Waals surface area contributed by atoms with Gasteiger partial charge in [0.15, 0.2) is 0 Å². The lowest BCUT2D eigenvalue weighted by molar-refractivity contribution is -0.137. The van der Waals surface area contributed by atoms with Crippen LogP contribution in [0.1, 0.15) is 24.0 Å². The summed E-state index contributed by atoms with van der Waals surface area (Å²) in [6.07, 6.45) is 5.01. The second-order valence-electron chi connectivity index (χ2n) is 7.62. The highest BCUT2D eigenvalue weighted by atomic mass is 31.0. The van der Waals surface area contributed by atoms with Gasteiger partial charge in [-0.1, -0.05) is 18.2 Å². The molecule has 1 atom stereocenters. The summed E-state index contributed by atoms with van der Waals surface area (Å²) < 4.78 is 1.75. The second kappa shape index (κ2) is 8.40. The zero-order valence-corrected chi connectivity index (χ0v) is 18.0. The fraction of sp³-hybridized carbons (Fsp3) is 0.333. The van der Waals surface area contributed by atoms with Gasteiger partial charge in [-0.2, -0.15) is 0 Å². The molecule has 4 rings (SSSR count). The highest BCUT2D eigenvalue weighted by Crippen LogP contribution is 2.27. The molecule has 3 N–H and O–H groups in total. The van der Waals surface area contributed by atoms with Gasteiger partial charge in [-0.15, -0.1) is 9.24 Å². The third kappa shape index (κ3) is 4.28. The normalized spacial score (nSPS) is 13.4. The Labute approximate surface area is 177 Å². The number of aryl methyl sites for hydroxylation is 1. The van der Waals surface area contributed by atoms with Gasteiger partial charge in [0, 0.05) is 18.8 Å². The zero-order chi connectivity index (χ0) is 21.3. The first-order chi connectivity index (χ1) is 14.4. The Morgan fingerprint density at radius 1 is 1.30 bits per heavy atom. The number of aromatic nitrogens is 3. The molecular weight excluding hydrogens is 399 g/mol. The average Bonchev–Trinajstić information content (AvgIpc) is 3.48. The number of hydrogen-bond acceptors (Lipinski definition) is 5. The first-order valence-corrected chi connectivity index (χ1v) is 10.5. The quantitative estimate of drug-likeness (QED) is 0.553. The predicted octanol–water partition coefficient (Wildman–Crippen LogP) is 1.13. The van der Waals surface area contributed by atoms with Gasteiger partial charge in [-0.25, -0.2) is 9.97 Å². The number of rotatable bonds is 7. The number of nitrogens with one attached hydrogen (secondary N) is 1. The molecule has 2 amide bonds. The Balaban J connectivity index is 1.41. The van der Waals surface area contributed by atoms with Crippen LogP contribution >= 0.6 is 9.24 Å². The fourth-order valence-electron chi connectivity index (χ4n) is 3.49. The van der Waals surface area contributed by atoms with Crippen molar-refractivity contribution in [3.8, 4) is 0 Å². The summed E-state index contributed by atoms with van der Waals surface area (Å²) in [7, 11) is 2.72. The number of hydrogen-bond donors (Lipinski definition) is 2. The van der Waals surface area contributed by atoms with Crippen LogP contribution in [0.3, 0.4) is 0 Å². The number of carbonyl (C=O) groups is 2. The van der Waals surface area contributed by atoms with Crippen LogP contribution in [-0.4, -0.2) is 43.8 Å². The molecule has 0 bridgehead atoms. The molecule has 156 valence electrons. The molecule has 3 aromatic rings. The van der Waals surface area contributed by atoms with E-state index >= 15 is 0 Å². The van der Waals surface area contributed by atoms with Crippen LogP contribution in [0.15, 0.2) is 36.8 Å². The van der Waals surface area contributed by atoms with Gasteiger partial charge in [0.05, 0.1) is 11.9 Å². The van der Waals surface area contributed by atoms with Crippen molar-refractivity contribution >= 4 is 43.2 Å². The molecule has 1 aliphatic rings. The molecule has 30 heavy (non-hydrogen) atoms. The maximum absolute atomic E-state index is 13.0. The maximum atomic E-state index is 13.0. The summed E-state index contributed by atoms with van der Waals surface area (Å²) in [4.78, 5) is 35.4. The van der Waals surface area contributed by atoms with Crippen molar-refractivity contribution in [2.75, 3.05) is 12.3 Å². The third-order valence-corrected chi connectivity index (χ3v) is 6.23. The first kappa shape index (κ1) is 20.3. The Morgan fingerprint density at radius 2 is 2.10 bits per heavy atom. The smallest absolute Gasteiger partial charge is 0.243 e. The lowest BCUT2D eigenvalue weighted by atomic mass is 10.1. The number of fused-ring (bicyclic) bond motifs is 1. The number of benzene rings is 1. The summed E-state index contributed by atoms with van der Waals surface area (Å²) in [5, 5.41) is 4.75. The van der Waals surface area contributed by atoms with Crippen molar-refractivity contribution in [3.63, 3.8) is 0 Å². The summed E-state index contributed by atoms with van der Waals surface area (Å²) in [5.41, 5.74) is 8.69. The van der Waals surface area contributed by atoms with Gasteiger partial charge in [0.1, 0.15) is 24.3 Å². The van der Waals surface area contributed by atoms with Gasteiger partial charge < -0.3 is 20.5 Å². The monoisotopic (exact) mass is 424 g/mol. The molecule has 8 nitrogen and oxygen atoms in total. The average molecular weight is 424 g/mol. The molecule has 0 spiro atoms. The van der Waals surface area contributed by atoms with E-state index < -0.39 is 0 Å². The number of amides is 2. The van der Waals surface area contributed by atoms with E-state index in [-0.39, 0.29) is 30.9 Å². The Bertz CT molecular complexity index is 1110. The molecule has 2 heterocycles. The molecule has 1 unspecified atom stereocenters. The molecule has 1 aromatic carbocycles. The molecule has 1 aliphatic carbocycles. The van der Waals surface area contributed by atoms with Crippen molar-refractivity contribution in [2.45, 2.75) is 38.9 Å². The first-order valence-electron chi connectivity index (χ1n) is 9.89. The Morgan fingerprint density at radius 3 is 2.87 bits per heavy atom. The van der Waals surface area contributed by atoms with Gasteiger partial charge >= 0.3 is 0 Å². The molecule has 2 aromatic heterocycles. The van der Waals surface area contributed by atoms with Crippen LogP contribution in [0.2, 0.25) is 0 Å². The largest absolute Gasteiger partial charge is 0.383 e. The van der Waals surface area contributed by atoms with Gasteiger partial charge in [0.25, 0.3) is 0 Å². The van der Waals surface area contributed by atoms with Crippen molar-refractivity contribution < 1.29 is 9.59 Å². The maximum Gasteiger partial charge on any atom is 0.243 e. The minimum Gasteiger partial charge on any atom is -0.383 e. The van der Waals surface area contributed by atoms with Crippen molar-refractivity contribution in [1.82, 2.24) is 24.8 Å². The SMILES string of the molecule is Cc1cccc(CNC(=O)CN(C(=O)Cn2ccc3c(N)ncnc32)C2CC2)c1P. The van der Waals surface area contributed by atoms with Crippen LogP contribution in [0.4, 0.5) is 5.82 Å².